The van der Waals surface area contributed by atoms with Crippen LogP contribution in [0.5, 0.6) is 5.75 Å². The molecule has 2 heteroatoms. The first-order valence-electron chi connectivity index (χ1n) is 4.80. The highest BCUT2D eigenvalue weighted by Gasteiger charge is 2.02. The van der Waals surface area contributed by atoms with Crippen LogP contribution in [0.2, 0.25) is 5.02 Å². The number of aryl methyl sites for hydroxylation is 1. The van der Waals surface area contributed by atoms with Gasteiger partial charge in [0, 0.05) is 5.02 Å². The number of hydrogen-bond donors (Lipinski definition) is 0. The first-order chi connectivity index (χ1) is 6.77. The van der Waals surface area contributed by atoms with Crippen molar-refractivity contribution in [1.82, 2.24) is 0 Å². The standard InChI is InChI=1S/C12H15ClO/c1-3-5-6-10-9-11(13)7-8-12(10)14-4-2/h3,7-9H,1,4-6H2,2H3. The lowest BCUT2D eigenvalue weighted by Gasteiger charge is -2.09. The van der Waals surface area contributed by atoms with E-state index in [0.717, 1.165) is 29.2 Å². The molecule has 0 radical (unpaired) electrons. The van der Waals surface area contributed by atoms with Gasteiger partial charge >= 0.3 is 0 Å². The van der Waals surface area contributed by atoms with E-state index >= 15 is 0 Å². The lowest BCUT2D eigenvalue weighted by atomic mass is 10.1. The Kier molecular flexibility index (Phi) is 4.54. The summed E-state index contributed by atoms with van der Waals surface area (Å²) in [7, 11) is 0. The molecule has 1 aromatic rings. The van der Waals surface area contributed by atoms with Crippen molar-refractivity contribution < 1.29 is 4.74 Å². The molecule has 1 rings (SSSR count). The van der Waals surface area contributed by atoms with Gasteiger partial charge in [-0.05, 0) is 43.5 Å². The quantitative estimate of drug-likeness (QED) is 0.671. The van der Waals surface area contributed by atoms with E-state index in [-0.39, 0.29) is 0 Å². The van der Waals surface area contributed by atoms with Gasteiger partial charge in [0.1, 0.15) is 5.75 Å². The molecular formula is C12H15ClO. The summed E-state index contributed by atoms with van der Waals surface area (Å²) in [6, 6.07) is 5.73. The number of halogens is 1. The smallest absolute Gasteiger partial charge is 0.122 e. The molecule has 0 fully saturated rings. The number of benzene rings is 1. The lowest BCUT2D eigenvalue weighted by Crippen LogP contribution is -1.96. The second-order valence-electron chi connectivity index (χ2n) is 3.01. The molecule has 0 amide bonds. The Balaban J connectivity index is 2.84. The molecule has 0 unspecified atom stereocenters. The summed E-state index contributed by atoms with van der Waals surface area (Å²) in [6.45, 7) is 6.36. The van der Waals surface area contributed by atoms with Crippen LogP contribution in [0.15, 0.2) is 30.9 Å². The fourth-order valence-electron chi connectivity index (χ4n) is 1.30. The fraction of sp³-hybridized carbons (Fsp3) is 0.333. The number of ether oxygens (including phenoxy) is 1. The monoisotopic (exact) mass is 210 g/mol. The van der Waals surface area contributed by atoms with Gasteiger partial charge in [-0.2, -0.15) is 0 Å². The van der Waals surface area contributed by atoms with Crippen LogP contribution < -0.4 is 4.74 Å². The van der Waals surface area contributed by atoms with Gasteiger partial charge < -0.3 is 4.74 Å². The third-order valence-corrected chi connectivity index (χ3v) is 2.18. The molecule has 0 spiro atoms. The Morgan fingerprint density at radius 3 is 2.93 bits per heavy atom. The first kappa shape index (κ1) is 11.1. The van der Waals surface area contributed by atoms with Crippen LogP contribution in [0, 0.1) is 0 Å². The molecule has 0 bridgehead atoms. The van der Waals surface area contributed by atoms with Crippen LogP contribution in [0.4, 0.5) is 0 Å². The summed E-state index contributed by atoms with van der Waals surface area (Å²) in [4.78, 5) is 0. The molecule has 0 N–H and O–H groups in total. The second-order valence-corrected chi connectivity index (χ2v) is 3.45. The van der Waals surface area contributed by atoms with Crippen LogP contribution in [0.1, 0.15) is 18.9 Å². The zero-order valence-electron chi connectivity index (χ0n) is 8.42. The predicted octanol–water partition coefficient (Wildman–Crippen LogP) is 3.86. The van der Waals surface area contributed by atoms with E-state index in [9.17, 15) is 0 Å². The molecule has 0 aliphatic heterocycles. The Morgan fingerprint density at radius 1 is 1.50 bits per heavy atom. The van der Waals surface area contributed by atoms with Gasteiger partial charge in [0.2, 0.25) is 0 Å². The molecule has 76 valence electrons. The minimum atomic E-state index is 0.683. The van der Waals surface area contributed by atoms with Crippen molar-refractivity contribution >= 4 is 11.6 Å². The third kappa shape index (κ3) is 3.08. The summed E-state index contributed by atoms with van der Waals surface area (Å²) in [5.74, 6) is 0.929. The van der Waals surface area contributed by atoms with Crippen LogP contribution >= 0.6 is 11.6 Å². The van der Waals surface area contributed by atoms with Gasteiger partial charge in [-0.1, -0.05) is 17.7 Å². The van der Waals surface area contributed by atoms with Crippen molar-refractivity contribution in [2.75, 3.05) is 6.61 Å². The minimum Gasteiger partial charge on any atom is -0.494 e. The molecule has 0 heterocycles. The maximum Gasteiger partial charge on any atom is 0.122 e. The fourth-order valence-corrected chi connectivity index (χ4v) is 1.49. The Morgan fingerprint density at radius 2 is 2.29 bits per heavy atom. The second kappa shape index (κ2) is 5.71. The van der Waals surface area contributed by atoms with Crippen molar-refractivity contribution in [3.63, 3.8) is 0 Å². The molecule has 0 aliphatic rings. The maximum absolute atomic E-state index is 5.91. The highest BCUT2D eigenvalue weighted by molar-refractivity contribution is 6.30. The summed E-state index contributed by atoms with van der Waals surface area (Å²) in [5.41, 5.74) is 1.15. The molecule has 1 aromatic carbocycles. The molecule has 0 atom stereocenters. The van der Waals surface area contributed by atoms with Crippen LogP contribution in [-0.2, 0) is 6.42 Å². The van der Waals surface area contributed by atoms with E-state index in [2.05, 4.69) is 6.58 Å². The van der Waals surface area contributed by atoms with Gasteiger partial charge in [-0.15, -0.1) is 6.58 Å². The Hall–Kier alpha value is -0.950. The third-order valence-electron chi connectivity index (χ3n) is 1.94. The number of hydrogen-bond acceptors (Lipinski definition) is 1. The van der Waals surface area contributed by atoms with E-state index in [1.807, 2.05) is 31.2 Å². The highest BCUT2D eigenvalue weighted by Crippen LogP contribution is 2.24. The minimum absolute atomic E-state index is 0.683. The van der Waals surface area contributed by atoms with E-state index in [0.29, 0.717) is 6.61 Å². The van der Waals surface area contributed by atoms with Crippen LogP contribution in [0.3, 0.4) is 0 Å². The van der Waals surface area contributed by atoms with Gasteiger partial charge in [-0.3, -0.25) is 0 Å². The van der Waals surface area contributed by atoms with Crippen molar-refractivity contribution in [1.29, 1.82) is 0 Å². The number of allylic oxidation sites excluding steroid dienone is 1. The average Bonchev–Trinajstić information content (AvgIpc) is 2.18. The van der Waals surface area contributed by atoms with Crippen molar-refractivity contribution in [2.24, 2.45) is 0 Å². The predicted molar refractivity (Wildman–Crippen MR) is 61.1 cm³/mol. The van der Waals surface area contributed by atoms with E-state index in [1.54, 1.807) is 0 Å². The van der Waals surface area contributed by atoms with E-state index < -0.39 is 0 Å². The summed E-state index contributed by atoms with van der Waals surface area (Å²) < 4.78 is 5.50. The van der Waals surface area contributed by atoms with Crippen molar-refractivity contribution in [2.45, 2.75) is 19.8 Å². The SMILES string of the molecule is C=CCCc1cc(Cl)ccc1OCC. The molecule has 0 aromatic heterocycles. The molecule has 0 saturated heterocycles. The van der Waals surface area contributed by atoms with Gasteiger partial charge in [-0.25, -0.2) is 0 Å². The highest BCUT2D eigenvalue weighted by atomic mass is 35.5. The zero-order valence-corrected chi connectivity index (χ0v) is 9.18. The molecule has 0 aliphatic carbocycles. The first-order valence-corrected chi connectivity index (χ1v) is 5.17. The zero-order chi connectivity index (χ0) is 10.4. The van der Waals surface area contributed by atoms with Crippen molar-refractivity contribution in [3.8, 4) is 5.75 Å². The molecule has 14 heavy (non-hydrogen) atoms. The van der Waals surface area contributed by atoms with Gasteiger partial charge in [0.05, 0.1) is 6.61 Å². The topological polar surface area (TPSA) is 9.23 Å². The maximum atomic E-state index is 5.91. The normalized spacial score (nSPS) is 9.86. The van der Waals surface area contributed by atoms with Crippen LogP contribution in [-0.4, -0.2) is 6.61 Å². The molecule has 0 saturated carbocycles. The number of rotatable bonds is 5. The molecular weight excluding hydrogens is 196 g/mol. The van der Waals surface area contributed by atoms with Gasteiger partial charge in [0.25, 0.3) is 0 Å². The molecule has 1 nitrogen and oxygen atoms in total. The Bertz CT molecular complexity index is 307. The summed E-state index contributed by atoms with van der Waals surface area (Å²) in [6.07, 6.45) is 3.77. The lowest BCUT2D eigenvalue weighted by molar-refractivity contribution is 0.336. The van der Waals surface area contributed by atoms with E-state index in [4.69, 9.17) is 16.3 Å². The van der Waals surface area contributed by atoms with Crippen LogP contribution in [0.25, 0.3) is 0 Å². The average molecular weight is 211 g/mol. The summed E-state index contributed by atoms with van der Waals surface area (Å²) >= 11 is 5.91. The van der Waals surface area contributed by atoms with E-state index in [1.165, 1.54) is 0 Å². The largest absolute Gasteiger partial charge is 0.494 e. The summed E-state index contributed by atoms with van der Waals surface area (Å²) in [5, 5.41) is 0.757. The van der Waals surface area contributed by atoms with Crippen molar-refractivity contribution in [3.05, 3.63) is 41.4 Å². The van der Waals surface area contributed by atoms with Gasteiger partial charge in [0.15, 0.2) is 0 Å². The Labute approximate surface area is 90.3 Å².